The number of hydrogen-bond acceptors (Lipinski definition) is 6. The predicted octanol–water partition coefficient (Wildman–Crippen LogP) is 3.53. The van der Waals surface area contributed by atoms with Gasteiger partial charge in [0.1, 0.15) is 5.58 Å². The van der Waals surface area contributed by atoms with Crippen molar-refractivity contribution in [1.82, 2.24) is 10.9 Å². The molecule has 0 saturated heterocycles. The van der Waals surface area contributed by atoms with Crippen LogP contribution in [0.15, 0.2) is 52.9 Å². The van der Waals surface area contributed by atoms with Gasteiger partial charge in [-0.3, -0.25) is 20.4 Å². The first-order valence-corrected chi connectivity index (χ1v) is 10.5. The van der Waals surface area contributed by atoms with Crippen molar-refractivity contribution < 1.29 is 23.5 Å². The van der Waals surface area contributed by atoms with Gasteiger partial charge < -0.3 is 13.9 Å². The first kappa shape index (κ1) is 20.6. The molecule has 0 atom stereocenters. The maximum atomic E-state index is 12.5. The third-order valence-electron chi connectivity index (χ3n) is 4.02. The molecule has 7 nitrogen and oxygen atoms in total. The predicted molar refractivity (Wildman–Crippen MR) is 112 cm³/mol. The average molecular weight is 414 g/mol. The minimum atomic E-state index is -0.520. The van der Waals surface area contributed by atoms with E-state index in [9.17, 15) is 9.59 Å². The SMILES string of the molecule is CCOc1ccccc1OCC(=O)NNC(=O)c1oc2ccccc2c1CSC. The maximum absolute atomic E-state index is 12.5. The molecule has 0 spiro atoms. The number of benzene rings is 2. The van der Waals surface area contributed by atoms with Gasteiger partial charge in [-0.15, -0.1) is 0 Å². The highest BCUT2D eigenvalue weighted by Crippen LogP contribution is 2.28. The molecule has 0 aliphatic rings. The van der Waals surface area contributed by atoms with Gasteiger partial charge in [-0.1, -0.05) is 30.3 Å². The summed E-state index contributed by atoms with van der Waals surface area (Å²) in [6.45, 7) is 2.07. The molecule has 0 bridgehead atoms. The minimum Gasteiger partial charge on any atom is -0.490 e. The number of hydrazine groups is 1. The van der Waals surface area contributed by atoms with Gasteiger partial charge in [0.2, 0.25) is 0 Å². The summed E-state index contributed by atoms with van der Waals surface area (Å²) in [4.78, 5) is 24.6. The van der Waals surface area contributed by atoms with Gasteiger partial charge in [-0.05, 0) is 31.4 Å². The summed E-state index contributed by atoms with van der Waals surface area (Å²) >= 11 is 1.58. The van der Waals surface area contributed by atoms with E-state index < -0.39 is 11.8 Å². The van der Waals surface area contributed by atoms with Crippen LogP contribution in [0.1, 0.15) is 23.0 Å². The van der Waals surface area contributed by atoms with Crippen LogP contribution in [-0.2, 0) is 10.5 Å². The largest absolute Gasteiger partial charge is 0.490 e. The molecule has 1 heterocycles. The smallest absolute Gasteiger partial charge is 0.305 e. The highest BCUT2D eigenvalue weighted by atomic mass is 32.2. The molecule has 0 saturated carbocycles. The molecule has 2 aromatic carbocycles. The zero-order valence-corrected chi connectivity index (χ0v) is 17.0. The molecule has 0 aliphatic heterocycles. The van der Waals surface area contributed by atoms with E-state index in [1.807, 2.05) is 37.4 Å². The molecule has 8 heteroatoms. The van der Waals surface area contributed by atoms with Crippen molar-refractivity contribution in [2.45, 2.75) is 12.7 Å². The summed E-state index contributed by atoms with van der Waals surface area (Å²) < 4.78 is 16.6. The average Bonchev–Trinajstić information content (AvgIpc) is 3.10. The van der Waals surface area contributed by atoms with E-state index in [1.54, 1.807) is 36.0 Å². The van der Waals surface area contributed by atoms with Gasteiger partial charge >= 0.3 is 5.91 Å². The van der Waals surface area contributed by atoms with Crippen LogP contribution in [0.3, 0.4) is 0 Å². The lowest BCUT2D eigenvalue weighted by molar-refractivity contribution is -0.123. The number of fused-ring (bicyclic) bond motifs is 1. The van der Waals surface area contributed by atoms with Crippen molar-refractivity contribution in [1.29, 1.82) is 0 Å². The molecule has 0 fully saturated rings. The molecule has 0 radical (unpaired) electrons. The fourth-order valence-corrected chi connectivity index (χ4v) is 3.35. The Bertz CT molecular complexity index is 1000. The van der Waals surface area contributed by atoms with Crippen molar-refractivity contribution in [2.75, 3.05) is 19.5 Å². The Balaban J connectivity index is 1.60. The minimum absolute atomic E-state index is 0.184. The second-order valence-corrected chi connectivity index (χ2v) is 6.88. The lowest BCUT2D eigenvalue weighted by Gasteiger charge is -2.12. The molecule has 1 aromatic heterocycles. The molecule has 3 aromatic rings. The summed E-state index contributed by atoms with van der Waals surface area (Å²) in [5.74, 6) is 0.778. The quantitative estimate of drug-likeness (QED) is 0.548. The number of carbonyl (C=O) groups excluding carboxylic acids is 2. The van der Waals surface area contributed by atoms with Gasteiger partial charge in [0.25, 0.3) is 5.91 Å². The summed E-state index contributed by atoms with van der Waals surface area (Å²) in [5.41, 5.74) is 6.15. The van der Waals surface area contributed by atoms with Crippen LogP contribution in [-0.4, -0.2) is 31.3 Å². The van der Waals surface area contributed by atoms with Gasteiger partial charge in [-0.25, -0.2) is 0 Å². The van der Waals surface area contributed by atoms with E-state index in [1.165, 1.54) is 0 Å². The van der Waals surface area contributed by atoms with E-state index in [4.69, 9.17) is 13.9 Å². The van der Waals surface area contributed by atoms with Gasteiger partial charge in [0, 0.05) is 16.7 Å². The number of hydrogen-bond donors (Lipinski definition) is 2. The topological polar surface area (TPSA) is 89.8 Å². The normalized spacial score (nSPS) is 10.6. The summed E-state index contributed by atoms with van der Waals surface area (Å²) in [6, 6.07) is 14.5. The third kappa shape index (κ3) is 5.03. The zero-order chi connectivity index (χ0) is 20.6. The second-order valence-electron chi connectivity index (χ2n) is 6.01. The number of para-hydroxylation sites is 3. The van der Waals surface area contributed by atoms with E-state index >= 15 is 0 Å². The Kier molecular flexibility index (Phi) is 7.02. The molecule has 2 N–H and O–H groups in total. The van der Waals surface area contributed by atoms with Gasteiger partial charge in [0.15, 0.2) is 23.9 Å². The van der Waals surface area contributed by atoms with E-state index in [0.29, 0.717) is 29.4 Å². The molecule has 29 heavy (non-hydrogen) atoms. The molecule has 3 rings (SSSR count). The fraction of sp³-hybridized carbons (Fsp3) is 0.238. The molecule has 152 valence electrons. The highest BCUT2D eigenvalue weighted by molar-refractivity contribution is 7.97. The van der Waals surface area contributed by atoms with Crippen molar-refractivity contribution in [3.63, 3.8) is 0 Å². The lowest BCUT2D eigenvalue weighted by Crippen LogP contribution is -2.44. The summed E-state index contributed by atoms with van der Waals surface area (Å²) in [6.07, 6.45) is 1.95. The molecule has 0 aliphatic carbocycles. The van der Waals surface area contributed by atoms with Crippen molar-refractivity contribution in [3.05, 3.63) is 59.9 Å². The standard InChI is InChI=1S/C21H22N2O5S/c1-3-26-17-10-6-7-11-18(17)27-12-19(24)22-23-21(25)20-15(13-29-2)14-8-4-5-9-16(14)28-20/h4-11H,3,12-13H2,1-2H3,(H,22,24)(H,23,25). The first-order chi connectivity index (χ1) is 14.1. The van der Waals surface area contributed by atoms with Crippen LogP contribution in [0.5, 0.6) is 11.5 Å². The fourth-order valence-electron chi connectivity index (χ4n) is 2.78. The lowest BCUT2D eigenvalue weighted by atomic mass is 10.1. The monoisotopic (exact) mass is 414 g/mol. The number of nitrogens with one attached hydrogen (secondary N) is 2. The van der Waals surface area contributed by atoms with Crippen molar-refractivity contribution >= 4 is 34.5 Å². The summed E-state index contributed by atoms with van der Waals surface area (Å²) in [5, 5.41) is 0.884. The number of furan rings is 1. The molecule has 0 unspecified atom stereocenters. The van der Waals surface area contributed by atoms with Gasteiger partial charge in [-0.2, -0.15) is 11.8 Å². The van der Waals surface area contributed by atoms with Crippen LogP contribution in [0.2, 0.25) is 0 Å². The Labute approximate surface area is 172 Å². The number of thioether (sulfide) groups is 1. The number of carbonyl (C=O) groups is 2. The Morgan fingerprint density at radius 3 is 2.41 bits per heavy atom. The Hall–Kier alpha value is -3.13. The van der Waals surface area contributed by atoms with Crippen LogP contribution in [0.4, 0.5) is 0 Å². The second kappa shape index (κ2) is 9.88. The van der Waals surface area contributed by atoms with Crippen LogP contribution in [0, 0.1) is 0 Å². The van der Waals surface area contributed by atoms with E-state index in [2.05, 4.69) is 10.9 Å². The Morgan fingerprint density at radius 1 is 1.00 bits per heavy atom. The first-order valence-electron chi connectivity index (χ1n) is 9.07. The Morgan fingerprint density at radius 2 is 1.69 bits per heavy atom. The van der Waals surface area contributed by atoms with E-state index in [-0.39, 0.29) is 12.4 Å². The number of rotatable bonds is 8. The highest BCUT2D eigenvalue weighted by Gasteiger charge is 2.20. The molecular formula is C21H22N2O5S. The van der Waals surface area contributed by atoms with Gasteiger partial charge in [0.05, 0.1) is 6.61 Å². The van der Waals surface area contributed by atoms with Crippen LogP contribution in [0.25, 0.3) is 11.0 Å². The van der Waals surface area contributed by atoms with Crippen molar-refractivity contribution in [2.24, 2.45) is 0 Å². The maximum Gasteiger partial charge on any atom is 0.305 e. The molecular weight excluding hydrogens is 392 g/mol. The summed E-state index contributed by atoms with van der Waals surface area (Å²) in [7, 11) is 0. The van der Waals surface area contributed by atoms with E-state index in [0.717, 1.165) is 10.9 Å². The van der Waals surface area contributed by atoms with Crippen molar-refractivity contribution in [3.8, 4) is 11.5 Å². The number of amides is 2. The van der Waals surface area contributed by atoms with Crippen LogP contribution < -0.4 is 20.3 Å². The third-order valence-corrected chi connectivity index (χ3v) is 4.59. The number of ether oxygens (including phenoxy) is 2. The molecule has 2 amide bonds. The van der Waals surface area contributed by atoms with Crippen LogP contribution >= 0.6 is 11.8 Å². The zero-order valence-electron chi connectivity index (χ0n) is 16.2.